The number of esters is 1. The largest absolute Gasteiger partial charge is 0.469 e. The van der Waals surface area contributed by atoms with E-state index in [1.807, 2.05) is 17.9 Å². The van der Waals surface area contributed by atoms with E-state index in [1.165, 1.54) is 23.6 Å². The number of H-pyrrole nitrogens is 1. The number of piperidine rings is 1. The predicted molar refractivity (Wildman–Crippen MR) is 90.7 cm³/mol. The molecule has 0 radical (unpaired) electrons. The van der Waals surface area contributed by atoms with Gasteiger partial charge >= 0.3 is 5.97 Å². The average molecular weight is 326 g/mol. The number of carbonyl (C=O) groups excluding carboxylic acids is 2. The summed E-state index contributed by atoms with van der Waals surface area (Å²) in [4.78, 5) is 30.0. The molecule has 0 bridgehead atoms. The van der Waals surface area contributed by atoms with Gasteiger partial charge in [0.05, 0.1) is 13.0 Å². The number of amides is 1. The monoisotopic (exact) mass is 326 g/mol. The molecule has 5 heteroatoms. The lowest BCUT2D eigenvalue weighted by molar-refractivity contribution is -0.151. The normalized spacial score (nSPS) is 25.4. The molecule has 1 aliphatic heterocycles. The Labute approximate surface area is 141 Å². The van der Waals surface area contributed by atoms with Crippen LogP contribution in [0.2, 0.25) is 0 Å². The summed E-state index contributed by atoms with van der Waals surface area (Å²) >= 11 is 0. The van der Waals surface area contributed by atoms with E-state index in [1.54, 1.807) is 0 Å². The first kappa shape index (κ1) is 15.2. The van der Waals surface area contributed by atoms with Crippen LogP contribution in [0, 0.1) is 5.92 Å². The number of nitrogens with zero attached hydrogens (tertiary/aromatic N) is 1. The van der Waals surface area contributed by atoms with E-state index in [0.717, 1.165) is 18.4 Å². The van der Waals surface area contributed by atoms with Crippen molar-refractivity contribution in [1.82, 2.24) is 9.88 Å². The lowest BCUT2D eigenvalue weighted by atomic mass is 9.72. The van der Waals surface area contributed by atoms with Crippen molar-refractivity contribution in [3.63, 3.8) is 0 Å². The molecule has 2 aromatic rings. The summed E-state index contributed by atoms with van der Waals surface area (Å²) in [5.41, 5.74) is 3.66. The SMILES string of the molecule is CCC(=O)N1C[C@H](C(=O)OC)CC2c3cccc4[nH]cc(c34)C[C@H]21. The summed E-state index contributed by atoms with van der Waals surface area (Å²) in [6.07, 6.45) is 4.11. The van der Waals surface area contributed by atoms with Crippen LogP contribution in [0.1, 0.15) is 36.8 Å². The molecule has 24 heavy (non-hydrogen) atoms. The van der Waals surface area contributed by atoms with E-state index in [0.29, 0.717) is 13.0 Å². The average Bonchev–Trinajstić information content (AvgIpc) is 3.04. The topological polar surface area (TPSA) is 62.4 Å². The zero-order valence-corrected chi connectivity index (χ0v) is 14.0. The molecule has 1 unspecified atom stereocenters. The van der Waals surface area contributed by atoms with Crippen molar-refractivity contribution in [2.24, 2.45) is 5.92 Å². The minimum atomic E-state index is -0.248. The van der Waals surface area contributed by atoms with E-state index >= 15 is 0 Å². The Morgan fingerprint density at radius 1 is 1.38 bits per heavy atom. The van der Waals surface area contributed by atoms with Gasteiger partial charge in [-0.3, -0.25) is 9.59 Å². The molecule has 5 nitrogen and oxygen atoms in total. The maximum atomic E-state index is 12.5. The van der Waals surface area contributed by atoms with Gasteiger partial charge in [0.25, 0.3) is 0 Å². The zero-order valence-electron chi connectivity index (χ0n) is 14.0. The lowest BCUT2D eigenvalue weighted by Gasteiger charge is -2.46. The van der Waals surface area contributed by atoms with Crippen molar-refractivity contribution in [3.8, 4) is 0 Å². The fourth-order valence-corrected chi connectivity index (χ4v) is 4.52. The van der Waals surface area contributed by atoms with Crippen molar-refractivity contribution in [2.75, 3.05) is 13.7 Å². The Balaban J connectivity index is 1.81. The van der Waals surface area contributed by atoms with Gasteiger partial charge in [-0.2, -0.15) is 0 Å². The fourth-order valence-electron chi connectivity index (χ4n) is 4.52. The van der Waals surface area contributed by atoms with Gasteiger partial charge in [-0.15, -0.1) is 0 Å². The molecule has 2 aliphatic rings. The summed E-state index contributed by atoms with van der Waals surface area (Å²) in [6, 6.07) is 6.41. The molecule has 1 aliphatic carbocycles. The van der Waals surface area contributed by atoms with Crippen molar-refractivity contribution < 1.29 is 14.3 Å². The van der Waals surface area contributed by atoms with Crippen molar-refractivity contribution in [1.29, 1.82) is 0 Å². The van der Waals surface area contributed by atoms with Gasteiger partial charge in [0.2, 0.25) is 5.91 Å². The quantitative estimate of drug-likeness (QED) is 0.863. The molecule has 3 atom stereocenters. The number of rotatable bonds is 2. The second-order valence-corrected chi connectivity index (χ2v) is 6.82. The minimum absolute atomic E-state index is 0.116. The van der Waals surface area contributed by atoms with Crippen LogP contribution in [0.15, 0.2) is 24.4 Å². The Kier molecular flexibility index (Phi) is 3.59. The number of aromatic amines is 1. The summed E-state index contributed by atoms with van der Waals surface area (Å²) < 4.78 is 4.98. The first-order chi connectivity index (χ1) is 11.6. The molecule has 0 spiro atoms. The van der Waals surface area contributed by atoms with E-state index in [9.17, 15) is 9.59 Å². The number of fused-ring (bicyclic) bond motifs is 2. The fraction of sp³-hybridized carbons (Fsp3) is 0.474. The highest BCUT2D eigenvalue weighted by Gasteiger charge is 2.44. The molecule has 1 amide bonds. The molecule has 1 N–H and O–H groups in total. The molecule has 1 aromatic heterocycles. The highest BCUT2D eigenvalue weighted by atomic mass is 16.5. The van der Waals surface area contributed by atoms with Crippen molar-refractivity contribution >= 4 is 22.8 Å². The molecule has 2 heterocycles. The molecule has 0 saturated carbocycles. The van der Waals surface area contributed by atoms with E-state index in [-0.39, 0.29) is 29.8 Å². The van der Waals surface area contributed by atoms with Crippen LogP contribution in [0.4, 0.5) is 0 Å². The summed E-state index contributed by atoms with van der Waals surface area (Å²) in [5, 5.41) is 1.27. The summed E-state index contributed by atoms with van der Waals surface area (Å²) in [6.45, 7) is 2.35. The van der Waals surface area contributed by atoms with Crippen LogP contribution in [-0.2, 0) is 20.7 Å². The third kappa shape index (κ3) is 2.14. The van der Waals surface area contributed by atoms with E-state index < -0.39 is 0 Å². The van der Waals surface area contributed by atoms with Crippen LogP contribution < -0.4 is 0 Å². The number of methoxy groups -OCH3 is 1. The number of nitrogens with one attached hydrogen (secondary N) is 1. The van der Waals surface area contributed by atoms with Crippen LogP contribution in [0.3, 0.4) is 0 Å². The Hall–Kier alpha value is -2.30. The van der Waals surface area contributed by atoms with Gasteiger partial charge in [0, 0.05) is 42.0 Å². The highest BCUT2D eigenvalue weighted by Crippen LogP contribution is 2.45. The number of likely N-dealkylation sites (tertiary alicyclic amines) is 1. The van der Waals surface area contributed by atoms with Gasteiger partial charge in [0.1, 0.15) is 0 Å². The second kappa shape index (κ2) is 5.65. The van der Waals surface area contributed by atoms with E-state index in [4.69, 9.17) is 4.74 Å². The third-order valence-electron chi connectivity index (χ3n) is 5.63. The lowest BCUT2D eigenvalue weighted by Crippen LogP contribution is -2.53. The molecule has 1 aromatic carbocycles. The van der Waals surface area contributed by atoms with Crippen molar-refractivity contribution in [2.45, 2.75) is 38.1 Å². The number of hydrogen-bond acceptors (Lipinski definition) is 3. The number of ether oxygens (including phenoxy) is 1. The minimum Gasteiger partial charge on any atom is -0.469 e. The second-order valence-electron chi connectivity index (χ2n) is 6.82. The summed E-state index contributed by atoms with van der Waals surface area (Å²) in [7, 11) is 1.42. The predicted octanol–water partition coefficient (Wildman–Crippen LogP) is 2.61. The molecule has 1 saturated heterocycles. The first-order valence-electron chi connectivity index (χ1n) is 8.60. The Morgan fingerprint density at radius 3 is 2.96 bits per heavy atom. The number of hydrogen-bond donors (Lipinski definition) is 1. The van der Waals surface area contributed by atoms with Crippen molar-refractivity contribution in [3.05, 3.63) is 35.5 Å². The first-order valence-corrected chi connectivity index (χ1v) is 8.60. The molecule has 4 rings (SSSR count). The van der Waals surface area contributed by atoms with Crippen LogP contribution in [0.5, 0.6) is 0 Å². The highest BCUT2D eigenvalue weighted by molar-refractivity contribution is 5.89. The van der Waals surface area contributed by atoms with Gasteiger partial charge in [-0.1, -0.05) is 19.1 Å². The zero-order chi connectivity index (χ0) is 16.8. The smallest absolute Gasteiger partial charge is 0.310 e. The number of aromatic nitrogens is 1. The number of carbonyl (C=O) groups is 2. The van der Waals surface area contributed by atoms with Gasteiger partial charge in [-0.05, 0) is 30.0 Å². The third-order valence-corrected chi connectivity index (χ3v) is 5.63. The Morgan fingerprint density at radius 2 is 2.21 bits per heavy atom. The molecule has 1 fully saturated rings. The van der Waals surface area contributed by atoms with E-state index in [2.05, 4.69) is 23.3 Å². The summed E-state index contributed by atoms with van der Waals surface area (Å²) in [5.74, 6) is -0.160. The number of benzene rings is 1. The molecular formula is C19H22N2O3. The van der Waals surface area contributed by atoms with Gasteiger partial charge < -0.3 is 14.6 Å². The molecular weight excluding hydrogens is 304 g/mol. The maximum absolute atomic E-state index is 12.5. The van der Waals surface area contributed by atoms with Gasteiger partial charge in [-0.25, -0.2) is 0 Å². The van der Waals surface area contributed by atoms with Crippen LogP contribution in [-0.4, -0.2) is 41.5 Å². The standard InChI is InChI=1S/C19H22N2O3/c1-3-17(22)21-10-12(19(23)24-2)7-14-13-5-4-6-15-18(13)11(9-20-15)8-16(14)21/h4-6,9,12,14,16,20H,3,7-8,10H2,1-2H3/t12-,14?,16-/m1/s1. The van der Waals surface area contributed by atoms with Crippen LogP contribution in [0.25, 0.3) is 10.9 Å². The molecule has 126 valence electrons. The maximum Gasteiger partial charge on any atom is 0.310 e. The Bertz CT molecular complexity index is 810. The van der Waals surface area contributed by atoms with Gasteiger partial charge in [0.15, 0.2) is 0 Å². The van der Waals surface area contributed by atoms with Crippen LogP contribution >= 0.6 is 0 Å².